The van der Waals surface area contributed by atoms with Crippen molar-refractivity contribution in [2.75, 3.05) is 5.32 Å². The third-order valence-electron chi connectivity index (χ3n) is 3.49. The molecule has 0 bridgehead atoms. The van der Waals surface area contributed by atoms with Crippen LogP contribution in [0.15, 0.2) is 36.4 Å². The molecule has 0 spiro atoms. The van der Waals surface area contributed by atoms with Crippen molar-refractivity contribution >= 4 is 11.4 Å². The molecule has 1 unspecified atom stereocenters. The lowest BCUT2D eigenvalue weighted by molar-refractivity contribution is -0.384. The Bertz CT molecular complexity index is 686. The van der Waals surface area contributed by atoms with Crippen LogP contribution in [0.5, 0.6) is 0 Å². The van der Waals surface area contributed by atoms with Gasteiger partial charge in [-0.15, -0.1) is 0 Å². The van der Waals surface area contributed by atoms with Crippen molar-refractivity contribution in [2.45, 2.75) is 26.8 Å². The van der Waals surface area contributed by atoms with Crippen LogP contribution in [-0.2, 0) is 0 Å². The Balaban J connectivity index is 2.21. The summed E-state index contributed by atoms with van der Waals surface area (Å²) in [6.45, 7) is 5.44. The van der Waals surface area contributed by atoms with E-state index in [1.165, 1.54) is 18.2 Å². The molecule has 0 saturated carbocycles. The fraction of sp³-hybridized carbons (Fsp3) is 0.250. The van der Waals surface area contributed by atoms with Gasteiger partial charge in [0.1, 0.15) is 5.82 Å². The number of nitro benzene ring substituents is 1. The Kier molecular flexibility index (Phi) is 4.21. The molecule has 0 amide bonds. The molecule has 2 aromatic rings. The van der Waals surface area contributed by atoms with Crippen molar-refractivity contribution in [1.82, 2.24) is 0 Å². The number of benzene rings is 2. The Morgan fingerprint density at radius 2 is 1.86 bits per heavy atom. The molecular formula is C16H17FN2O2. The van der Waals surface area contributed by atoms with Crippen LogP contribution in [0.25, 0.3) is 0 Å². The third kappa shape index (κ3) is 3.37. The van der Waals surface area contributed by atoms with Gasteiger partial charge in [-0.25, -0.2) is 4.39 Å². The number of anilines is 1. The van der Waals surface area contributed by atoms with Gasteiger partial charge in [-0.1, -0.05) is 12.1 Å². The van der Waals surface area contributed by atoms with Crippen molar-refractivity contribution in [3.05, 3.63) is 69.0 Å². The average molecular weight is 288 g/mol. The molecule has 2 rings (SSSR count). The minimum Gasteiger partial charge on any atom is -0.378 e. The number of nitro groups is 1. The van der Waals surface area contributed by atoms with E-state index in [4.69, 9.17) is 0 Å². The van der Waals surface area contributed by atoms with Crippen LogP contribution in [0.2, 0.25) is 0 Å². The predicted octanol–water partition coefficient (Wildman–Crippen LogP) is 4.52. The largest absolute Gasteiger partial charge is 0.378 e. The molecule has 1 atom stereocenters. The number of nitrogens with one attached hydrogen (secondary N) is 1. The number of aryl methyl sites for hydroxylation is 2. The minimum absolute atomic E-state index is 0.0621. The van der Waals surface area contributed by atoms with Crippen LogP contribution in [0.1, 0.15) is 29.7 Å². The van der Waals surface area contributed by atoms with Gasteiger partial charge in [-0.05, 0) is 49.6 Å². The molecular weight excluding hydrogens is 271 g/mol. The molecule has 0 aromatic heterocycles. The van der Waals surface area contributed by atoms with Crippen molar-refractivity contribution in [3.8, 4) is 0 Å². The van der Waals surface area contributed by atoms with Crippen LogP contribution in [0.3, 0.4) is 0 Å². The second kappa shape index (κ2) is 5.91. The van der Waals surface area contributed by atoms with E-state index in [0.29, 0.717) is 5.56 Å². The van der Waals surface area contributed by atoms with Gasteiger partial charge >= 0.3 is 0 Å². The first-order valence-electron chi connectivity index (χ1n) is 6.66. The molecule has 0 heterocycles. The second-order valence-electron chi connectivity index (χ2n) is 5.13. The smallest absolute Gasteiger partial charge is 0.269 e. The lowest BCUT2D eigenvalue weighted by Gasteiger charge is -2.17. The molecule has 21 heavy (non-hydrogen) atoms. The second-order valence-corrected chi connectivity index (χ2v) is 5.13. The van der Waals surface area contributed by atoms with Gasteiger partial charge in [0, 0.05) is 23.9 Å². The SMILES string of the molecule is Cc1ccc(C(C)Nc2ccc([N+](=O)[O-])cc2C)cc1F. The summed E-state index contributed by atoms with van der Waals surface area (Å²) in [7, 11) is 0. The van der Waals surface area contributed by atoms with Crippen molar-refractivity contribution in [3.63, 3.8) is 0 Å². The highest BCUT2D eigenvalue weighted by molar-refractivity contribution is 5.56. The zero-order valence-electron chi connectivity index (χ0n) is 12.2. The monoisotopic (exact) mass is 288 g/mol. The summed E-state index contributed by atoms with van der Waals surface area (Å²) < 4.78 is 13.6. The molecule has 110 valence electrons. The Hall–Kier alpha value is -2.43. The zero-order valence-corrected chi connectivity index (χ0v) is 12.2. The van der Waals surface area contributed by atoms with Gasteiger partial charge in [0.25, 0.3) is 5.69 Å². The van der Waals surface area contributed by atoms with E-state index in [1.54, 1.807) is 26.0 Å². The number of hydrogen-bond donors (Lipinski definition) is 1. The summed E-state index contributed by atoms with van der Waals surface area (Å²) in [5.74, 6) is -0.235. The van der Waals surface area contributed by atoms with Gasteiger partial charge in [0.15, 0.2) is 0 Å². The quantitative estimate of drug-likeness (QED) is 0.664. The molecule has 4 nitrogen and oxygen atoms in total. The Morgan fingerprint density at radius 1 is 1.14 bits per heavy atom. The first-order valence-corrected chi connectivity index (χ1v) is 6.66. The number of hydrogen-bond acceptors (Lipinski definition) is 3. The van der Waals surface area contributed by atoms with Gasteiger partial charge in [0.05, 0.1) is 4.92 Å². The summed E-state index contributed by atoms with van der Waals surface area (Å²) in [5, 5.41) is 14.0. The van der Waals surface area contributed by atoms with Gasteiger partial charge < -0.3 is 5.32 Å². The Labute approximate surface area is 122 Å². The van der Waals surface area contributed by atoms with E-state index in [2.05, 4.69) is 5.32 Å². The first kappa shape index (κ1) is 15.0. The average Bonchev–Trinajstić information content (AvgIpc) is 2.43. The van der Waals surface area contributed by atoms with Gasteiger partial charge in [-0.2, -0.15) is 0 Å². The van der Waals surface area contributed by atoms with Crippen LogP contribution in [-0.4, -0.2) is 4.92 Å². The molecule has 0 radical (unpaired) electrons. The maximum absolute atomic E-state index is 13.6. The topological polar surface area (TPSA) is 55.2 Å². The van der Waals surface area contributed by atoms with Crippen LogP contribution in [0.4, 0.5) is 15.8 Å². The highest BCUT2D eigenvalue weighted by atomic mass is 19.1. The lowest BCUT2D eigenvalue weighted by atomic mass is 10.0. The maximum atomic E-state index is 13.6. The van der Waals surface area contributed by atoms with E-state index >= 15 is 0 Å². The number of halogens is 1. The highest BCUT2D eigenvalue weighted by Crippen LogP contribution is 2.26. The summed E-state index contributed by atoms with van der Waals surface area (Å²) in [6.07, 6.45) is 0. The molecule has 0 aliphatic carbocycles. The first-order chi connectivity index (χ1) is 9.88. The summed E-state index contributed by atoms with van der Waals surface area (Å²) in [5.41, 5.74) is 3.08. The van der Waals surface area contributed by atoms with E-state index < -0.39 is 4.92 Å². The van der Waals surface area contributed by atoms with E-state index in [1.807, 2.05) is 13.0 Å². The van der Waals surface area contributed by atoms with Gasteiger partial charge in [-0.3, -0.25) is 10.1 Å². The van der Waals surface area contributed by atoms with Crippen LogP contribution in [0, 0.1) is 29.8 Å². The highest BCUT2D eigenvalue weighted by Gasteiger charge is 2.12. The molecule has 5 heteroatoms. The van der Waals surface area contributed by atoms with Crippen molar-refractivity contribution < 1.29 is 9.31 Å². The van der Waals surface area contributed by atoms with E-state index in [0.717, 1.165) is 16.8 Å². The van der Waals surface area contributed by atoms with Crippen LogP contribution >= 0.6 is 0 Å². The molecule has 0 aliphatic rings. The lowest BCUT2D eigenvalue weighted by Crippen LogP contribution is -2.08. The van der Waals surface area contributed by atoms with Crippen LogP contribution < -0.4 is 5.32 Å². The molecule has 1 N–H and O–H groups in total. The number of non-ortho nitro benzene ring substituents is 1. The van der Waals surface area contributed by atoms with E-state index in [9.17, 15) is 14.5 Å². The molecule has 2 aromatic carbocycles. The maximum Gasteiger partial charge on any atom is 0.269 e. The predicted molar refractivity (Wildman–Crippen MR) is 81.0 cm³/mol. The molecule has 0 saturated heterocycles. The zero-order chi connectivity index (χ0) is 15.6. The number of rotatable bonds is 4. The fourth-order valence-electron chi connectivity index (χ4n) is 2.12. The normalized spacial score (nSPS) is 12.0. The van der Waals surface area contributed by atoms with E-state index in [-0.39, 0.29) is 17.5 Å². The number of nitrogens with zero attached hydrogens (tertiary/aromatic N) is 1. The van der Waals surface area contributed by atoms with Crippen molar-refractivity contribution in [2.24, 2.45) is 0 Å². The fourth-order valence-corrected chi connectivity index (χ4v) is 2.12. The summed E-state index contributed by atoms with van der Waals surface area (Å²) in [4.78, 5) is 10.3. The van der Waals surface area contributed by atoms with Crippen molar-refractivity contribution in [1.29, 1.82) is 0 Å². The third-order valence-corrected chi connectivity index (χ3v) is 3.49. The molecule has 0 aliphatic heterocycles. The summed E-state index contributed by atoms with van der Waals surface area (Å²) in [6, 6.07) is 9.67. The minimum atomic E-state index is -0.421. The summed E-state index contributed by atoms with van der Waals surface area (Å²) >= 11 is 0. The van der Waals surface area contributed by atoms with Gasteiger partial charge in [0.2, 0.25) is 0 Å². The Morgan fingerprint density at radius 3 is 2.43 bits per heavy atom. The standard InChI is InChI=1S/C16H17FN2O2/c1-10-4-5-13(9-15(10)17)12(3)18-16-7-6-14(19(20)21)8-11(16)2/h4-9,12,18H,1-3H3. The molecule has 0 fully saturated rings.